The van der Waals surface area contributed by atoms with Crippen LogP contribution < -0.4 is 16.0 Å². The highest BCUT2D eigenvalue weighted by Crippen LogP contribution is 2.16. The first-order chi connectivity index (χ1) is 14.8. The van der Waals surface area contributed by atoms with Crippen LogP contribution in [0.15, 0.2) is 33.9 Å². The van der Waals surface area contributed by atoms with Gasteiger partial charge in [0.2, 0.25) is 0 Å². The monoisotopic (exact) mass is 428 g/mol. The van der Waals surface area contributed by atoms with Crippen LogP contribution in [-0.2, 0) is 24.4 Å². The Labute approximate surface area is 179 Å². The van der Waals surface area contributed by atoms with Gasteiger partial charge in [-0.3, -0.25) is 14.3 Å². The van der Waals surface area contributed by atoms with Crippen molar-refractivity contribution in [2.24, 2.45) is 0 Å². The van der Waals surface area contributed by atoms with Crippen molar-refractivity contribution in [2.75, 3.05) is 0 Å². The third-order valence-corrected chi connectivity index (χ3v) is 4.81. The van der Waals surface area contributed by atoms with Crippen LogP contribution in [0.3, 0.4) is 0 Å². The zero-order chi connectivity index (χ0) is 22.5. The Kier molecular flexibility index (Phi) is 6.94. The fourth-order valence-electron chi connectivity index (χ4n) is 3.35. The normalized spacial score (nSPS) is 11.3. The van der Waals surface area contributed by atoms with E-state index >= 15 is 0 Å². The van der Waals surface area contributed by atoms with Crippen molar-refractivity contribution in [3.05, 3.63) is 56.5 Å². The average Bonchev–Trinajstić information content (AvgIpc) is 3.11. The fourth-order valence-corrected chi connectivity index (χ4v) is 3.35. The van der Waals surface area contributed by atoms with Crippen LogP contribution in [0.4, 0.5) is 0 Å². The summed E-state index contributed by atoms with van der Waals surface area (Å²) in [5.41, 5.74) is 0.0112. The first-order valence-electron chi connectivity index (χ1n) is 10.5. The summed E-state index contributed by atoms with van der Waals surface area (Å²) in [6, 6.07) is 6.69. The lowest BCUT2D eigenvalue weighted by atomic mass is 10.2. The third kappa shape index (κ3) is 4.87. The number of nitrogens with one attached hydrogen (secondary N) is 1. The largest absolute Gasteiger partial charge is 0.491 e. The molecule has 9 heteroatoms. The molecule has 1 N–H and O–H groups in total. The minimum Gasteiger partial charge on any atom is -0.491 e. The Bertz CT molecular complexity index is 1170. The van der Waals surface area contributed by atoms with E-state index in [2.05, 4.69) is 9.97 Å². The van der Waals surface area contributed by atoms with Gasteiger partial charge in [-0.1, -0.05) is 13.3 Å². The van der Waals surface area contributed by atoms with Gasteiger partial charge in [-0.05, 0) is 51.5 Å². The number of esters is 1. The first-order valence-corrected chi connectivity index (χ1v) is 10.5. The van der Waals surface area contributed by atoms with Crippen molar-refractivity contribution in [3.8, 4) is 5.75 Å². The molecule has 0 radical (unpaired) electrons. The van der Waals surface area contributed by atoms with Crippen molar-refractivity contribution in [2.45, 2.75) is 66.3 Å². The maximum atomic E-state index is 12.5. The van der Waals surface area contributed by atoms with Gasteiger partial charge in [-0.25, -0.2) is 14.6 Å². The van der Waals surface area contributed by atoms with E-state index in [0.29, 0.717) is 41.4 Å². The predicted molar refractivity (Wildman–Crippen MR) is 117 cm³/mol. The summed E-state index contributed by atoms with van der Waals surface area (Å²) in [5, 5.41) is 0. The number of hydrogen-bond acceptors (Lipinski definition) is 6. The van der Waals surface area contributed by atoms with Gasteiger partial charge in [-0.2, -0.15) is 0 Å². The number of aromatic amines is 1. The topological polar surface area (TPSA) is 108 Å². The molecule has 9 nitrogen and oxygen atoms in total. The molecule has 0 atom stereocenters. The molecule has 166 valence electrons. The maximum absolute atomic E-state index is 12.5. The van der Waals surface area contributed by atoms with E-state index in [-0.39, 0.29) is 12.7 Å². The van der Waals surface area contributed by atoms with Crippen LogP contribution in [0.1, 0.15) is 56.7 Å². The Hall–Kier alpha value is -3.36. The highest BCUT2D eigenvalue weighted by atomic mass is 16.5. The molecular weight excluding hydrogens is 400 g/mol. The number of rotatable bonds is 9. The number of fused-ring (bicyclic) bond motifs is 1. The van der Waals surface area contributed by atoms with Crippen LogP contribution in [0.25, 0.3) is 11.2 Å². The van der Waals surface area contributed by atoms with Gasteiger partial charge in [-0.15, -0.1) is 0 Å². The zero-order valence-corrected chi connectivity index (χ0v) is 18.3. The summed E-state index contributed by atoms with van der Waals surface area (Å²) in [6.07, 6.45) is 1.71. The molecule has 2 heterocycles. The van der Waals surface area contributed by atoms with Gasteiger partial charge in [0.15, 0.2) is 11.2 Å². The van der Waals surface area contributed by atoms with E-state index in [9.17, 15) is 14.4 Å². The number of ether oxygens (including phenoxy) is 2. The molecule has 2 aromatic heterocycles. The summed E-state index contributed by atoms with van der Waals surface area (Å²) in [5.74, 6) is 0.568. The van der Waals surface area contributed by atoms with Gasteiger partial charge >= 0.3 is 11.7 Å². The van der Waals surface area contributed by atoms with Crippen LogP contribution >= 0.6 is 0 Å². The molecule has 0 saturated heterocycles. The lowest BCUT2D eigenvalue weighted by Crippen LogP contribution is -2.31. The molecular formula is C22H28N4O5. The minimum atomic E-state index is -0.511. The predicted octanol–water partition coefficient (Wildman–Crippen LogP) is 2.85. The number of aryl methyl sites for hydroxylation is 2. The number of benzene rings is 1. The molecule has 0 saturated carbocycles. The molecule has 0 aliphatic heterocycles. The smallest absolute Gasteiger partial charge is 0.338 e. The average molecular weight is 428 g/mol. The summed E-state index contributed by atoms with van der Waals surface area (Å²) in [7, 11) is 0. The number of nitrogens with zero attached hydrogens (tertiary/aromatic N) is 3. The number of carbonyl (C=O) groups is 1. The molecule has 0 aliphatic carbocycles. The fraction of sp³-hybridized carbons (Fsp3) is 0.455. The summed E-state index contributed by atoms with van der Waals surface area (Å²) < 4.78 is 14.1. The molecule has 3 rings (SSSR count). The second-order valence-corrected chi connectivity index (χ2v) is 7.48. The van der Waals surface area contributed by atoms with E-state index in [0.717, 1.165) is 12.8 Å². The lowest BCUT2D eigenvalue weighted by molar-refractivity contribution is 0.0458. The molecule has 0 bridgehead atoms. The lowest BCUT2D eigenvalue weighted by Gasteiger charge is -2.10. The van der Waals surface area contributed by atoms with Crippen molar-refractivity contribution in [1.82, 2.24) is 19.1 Å². The molecule has 0 unspecified atom stereocenters. The highest BCUT2D eigenvalue weighted by Gasteiger charge is 2.19. The van der Waals surface area contributed by atoms with Crippen molar-refractivity contribution in [3.63, 3.8) is 0 Å². The molecule has 0 amide bonds. The Morgan fingerprint density at radius 1 is 1.13 bits per heavy atom. The number of H-pyrrole nitrogens is 1. The maximum Gasteiger partial charge on any atom is 0.338 e. The van der Waals surface area contributed by atoms with Crippen molar-refractivity contribution in [1.29, 1.82) is 0 Å². The molecule has 1 aromatic carbocycles. The summed E-state index contributed by atoms with van der Waals surface area (Å²) >= 11 is 0. The van der Waals surface area contributed by atoms with E-state index in [1.165, 1.54) is 4.57 Å². The van der Waals surface area contributed by atoms with E-state index < -0.39 is 17.2 Å². The van der Waals surface area contributed by atoms with Crippen molar-refractivity contribution < 1.29 is 14.3 Å². The molecule has 31 heavy (non-hydrogen) atoms. The third-order valence-electron chi connectivity index (χ3n) is 4.81. The van der Waals surface area contributed by atoms with Crippen molar-refractivity contribution >= 4 is 17.1 Å². The van der Waals surface area contributed by atoms with Gasteiger partial charge < -0.3 is 14.0 Å². The first kappa shape index (κ1) is 22.3. The van der Waals surface area contributed by atoms with Crippen LogP contribution in [0.2, 0.25) is 0 Å². The number of hydrogen-bond donors (Lipinski definition) is 1. The van der Waals surface area contributed by atoms with Crippen LogP contribution in [0.5, 0.6) is 5.75 Å². The Morgan fingerprint density at radius 2 is 1.84 bits per heavy atom. The Morgan fingerprint density at radius 3 is 2.45 bits per heavy atom. The molecule has 0 spiro atoms. The number of imidazole rings is 1. The number of aromatic nitrogens is 4. The summed E-state index contributed by atoms with van der Waals surface area (Å²) in [4.78, 5) is 44.0. The SMILES string of the molecule is CCCCn1c(=O)[nH]c(=O)c2c1nc(COC(=O)c1ccc(OC(C)C)cc1)n2CC. The second-order valence-electron chi connectivity index (χ2n) is 7.48. The molecule has 0 fully saturated rings. The van der Waals surface area contributed by atoms with Gasteiger partial charge in [0.25, 0.3) is 5.56 Å². The van der Waals surface area contributed by atoms with Gasteiger partial charge in [0.1, 0.15) is 18.2 Å². The number of carbonyl (C=O) groups excluding carboxylic acids is 1. The molecule has 3 aromatic rings. The molecule has 0 aliphatic rings. The Balaban J connectivity index is 1.86. The standard InChI is InChI=1S/C22H28N4O5/c1-5-7-12-26-19-18(20(27)24-22(26)29)25(6-2)17(23-19)13-30-21(28)15-8-10-16(11-9-15)31-14(3)4/h8-11,14H,5-7,12-13H2,1-4H3,(H,24,27,29). The quantitative estimate of drug-likeness (QED) is 0.525. The summed E-state index contributed by atoms with van der Waals surface area (Å²) in [6.45, 7) is 8.51. The van der Waals surface area contributed by atoms with Gasteiger partial charge in [0.05, 0.1) is 11.7 Å². The second kappa shape index (κ2) is 9.63. The number of unbranched alkanes of at least 4 members (excludes halogenated alkanes) is 1. The van der Waals surface area contributed by atoms with Crippen LogP contribution in [0, 0.1) is 0 Å². The van der Waals surface area contributed by atoms with E-state index in [4.69, 9.17) is 9.47 Å². The van der Waals surface area contributed by atoms with E-state index in [1.807, 2.05) is 27.7 Å². The van der Waals surface area contributed by atoms with E-state index in [1.54, 1.807) is 28.8 Å². The minimum absolute atomic E-state index is 0.0395. The highest BCUT2D eigenvalue weighted by molar-refractivity contribution is 5.89. The van der Waals surface area contributed by atoms with Crippen LogP contribution in [-0.4, -0.2) is 31.2 Å². The van der Waals surface area contributed by atoms with Gasteiger partial charge in [0, 0.05) is 13.1 Å². The zero-order valence-electron chi connectivity index (χ0n) is 18.3.